The van der Waals surface area contributed by atoms with E-state index in [2.05, 4.69) is 26.2 Å². The van der Waals surface area contributed by atoms with Gasteiger partial charge in [0.05, 0.1) is 11.3 Å². The van der Waals surface area contributed by atoms with Gasteiger partial charge in [0.2, 0.25) is 0 Å². The molecule has 2 aromatic rings. The molecule has 17 heavy (non-hydrogen) atoms. The Bertz CT molecular complexity index is 563. The minimum absolute atomic E-state index is 0.209. The molecule has 1 heterocycles. The van der Waals surface area contributed by atoms with Crippen molar-refractivity contribution in [1.29, 1.82) is 0 Å². The molecule has 0 bridgehead atoms. The van der Waals surface area contributed by atoms with E-state index in [1.54, 1.807) is 13.0 Å². The van der Waals surface area contributed by atoms with Crippen molar-refractivity contribution in [2.75, 3.05) is 5.32 Å². The molecule has 0 aliphatic rings. The lowest BCUT2D eigenvalue weighted by atomic mass is 10.1. The van der Waals surface area contributed by atoms with Gasteiger partial charge in [-0.3, -0.25) is 10.1 Å². The number of rotatable bonds is 2. The molecule has 0 saturated carbocycles. The molecule has 88 valence electrons. The summed E-state index contributed by atoms with van der Waals surface area (Å²) in [5.74, 6) is -0.248. The number of amides is 1. The first-order valence-corrected chi connectivity index (χ1v) is 5.86. The maximum atomic E-state index is 12.0. The second-order valence-electron chi connectivity index (χ2n) is 3.68. The number of nitrogens with one attached hydrogen (secondary N) is 1. The molecule has 0 fully saturated rings. The molecule has 0 aliphatic carbocycles. The van der Waals surface area contributed by atoms with Gasteiger partial charge in [0.1, 0.15) is 6.26 Å². The van der Waals surface area contributed by atoms with Crippen molar-refractivity contribution in [2.24, 2.45) is 0 Å². The molecule has 0 unspecified atom stereocenters. The van der Waals surface area contributed by atoms with Crippen molar-refractivity contribution in [2.45, 2.75) is 13.8 Å². The summed E-state index contributed by atoms with van der Waals surface area (Å²) in [5, 5.41) is 2.60. The summed E-state index contributed by atoms with van der Waals surface area (Å²) in [5.41, 5.74) is 2.28. The van der Waals surface area contributed by atoms with Gasteiger partial charge in [-0.05, 0) is 41.4 Å². The lowest BCUT2D eigenvalue weighted by Crippen LogP contribution is -2.13. The monoisotopic (exact) mass is 294 g/mol. The Morgan fingerprint density at radius 3 is 2.82 bits per heavy atom. The van der Waals surface area contributed by atoms with Crippen LogP contribution in [0, 0.1) is 13.8 Å². The first-order valence-electron chi connectivity index (χ1n) is 5.06. The first-order chi connectivity index (χ1) is 8.08. The van der Waals surface area contributed by atoms with Crippen LogP contribution in [0.1, 0.15) is 21.6 Å². The van der Waals surface area contributed by atoms with Gasteiger partial charge in [0, 0.05) is 4.47 Å². The van der Waals surface area contributed by atoms with Crippen molar-refractivity contribution in [3.63, 3.8) is 0 Å². The fourth-order valence-electron chi connectivity index (χ4n) is 1.40. The van der Waals surface area contributed by atoms with Crippen molar-refractivity contribution in [1.82, 2.24) is 4.98 Å². The molecule has 0 saturated heterocycles. The van der Waals surface area contributed by atoms with Crippen molar-refractivity contribution >= 4 is 27.9 Å². The third-order valence-electron chi connectivity index (χ3n) is 2.28. The molecule has 1 aromatic heterocycles. The number of carbonyl (C=O) groups is 1. The van der Waals surface area contributed by atoms with Crippen LogP contribution in [0.3, 0.4) is 0 Å². The summed E-state index contributed by atoms with van der Waals surface area (Å²) in [6, 6.07) is 5.70. The summed E-state index contributed by atoms with van der Waals surface area (Å²) in [6.45, 7) is 3.72. The van der Waals surface area contributed by atoms with Crippen LogP contribution < -0.4 is 5.32 Å². The number of aromatic nitrogens is 1. The SMILES string of the molecule is Cc1coc(NC(=O)c2cccc(C)c2Br)n1. The normalized spacial score (nSPS) is 10.3. The summed E-state index contributed by atoms with van der Waals surface area (Å²) in [6.07, 6.45) is 1.49. The predicted octanol–water partition coefficient (Wildman–Crippen LogP) is 3.31. The quantitative estimate of drug-likeness (QED) is 0.924. The number of benzene rings is 1. The van der Waals surface area contributed by atoms with E-state index < -0.39 is 0 Å². The second kappa shape index (κ2) is 4.71. The van der Waals surface area contributed by atoms with Crippen LogP contribution in [0.2, 0.25) is 0 Å². The van der Waals surface area contributed by atoms with Crippen LogP contribution in [-0.4, -0.2) is 10.9 Å². The minimum Gasteiger partial charge on any atom is -0.432 e. The van der Waals surface area contributed by atoms with Crippen LogP contribution in [-0.2, 0) is 0 Å². The maximum Gasteiger partial charge on any atom is 0.301 e. The average Bonchev–Trinajstić information content (AvgIpc) is 2.68. The summed E-state index contributed by atoms with van der Waals surface area (Å²) in [4.78, 5) is 16.0. The highest BCUT2D eigenvalue weighted by Crippen LogP contribution is 2.22. The Balaban J connectivity index is 2.23. The van der Waals surface area contributed by atoms with Crippen molar-refractivity contribution in [3.05, 3.63) is 45.8 Å². The van der Waals surface area contributed by atoms with E-state index >= 15 is 0 Å². The van der Waals surface area contributed by atoms with E-state index in [4.69, 9.17) is 4.42 Å². The van der Waals surface area contributed by atoms with Gasteiger partial charge in [0.15, 0.2) is 0 Å². The van der Waals surface area contributed by atoms with E-state index in [9.17, 15) is 4.79 Å². The Morgan fingerprint density at radius 2 is 2.18 bits per heavy atom. The maximum absolute atomic E-state index is 12.0. The lowest BCUT2D eigenvalue weighted by Gasteiger charge is -2.05. The zero-order valence-electron chi connectivity index (χ0n) is 9.45. The molecular formula is C12H11BrN2O2. The average molecular weight is 295 g/mol. The molecule has 1 amide bonds. The number of carbonyl (C=O) groups excluding carboxylic acids is 1. The van der Waals surface area contributed by atoms with Gasteiger partial charge in [-0.15, -0.1) is 0 Å². The third kappa shape index (κ3) is 2.55. The standard InChI is InChI=1S/C12H11BrN2O2/c1-7-4-3-5-9(10(7)13)11(16)15-12-14-8(2)6-17-12/h3-6H,1-2H3,(H,14,15,16). The molecule has 2 rings (SSSR count). The number of anilines is 1. The summed E-state index contributed by atoms with van der Waals surface area (Å²) in [7, 11) is 0. The van der Waals surface area contributed by atoms with E-state index in [1.165, 1.54) is 6.26 Å². The minimum atomic E-state index is -0.248. The molecule has 5 heteroatoms. The van der Waals surface area contributed by atoms with E-state index in [1.807, 2.05) is 19.1 Å². The number of aryl methyl sites for hydroxylation is 2. The molecule has 0 spiro atoms. The lowest BCUT2D eigenvalue weighted by molar-refractivity contribution is 0.102. The van der Waals surface area contributed by atoms with Crippen LogP contribution in [0.25, 0.3) is 0 Å². The summed E-state index contributed by atoms with van der Waals surface area (Å²) < 4.78 is 5.85. The largest absolute Gasteiger partial charge is 0.432 e. The number of hydrogen-bond donors (Lipinski definition) is 1. The molecule has 0 atom stereocenters. The Morgan fingerprint density at radius 1 is 1.41 bits per heavy atom. The van der Waals surface area contributed by atoms with Crippen LogP contribution in [0.15, 0.2) is 33.4 Å². The van der Waals surface area contributed by atoms with E-state index in [0.717, 1.165) is 15.7 Å². The van der Waals surface area contributed by atoms with Gasteiger partial charge in [-0.25, -0.2) is 0 Å². The molecule has 1 N–H and O–H groups in total. The Hall–Kier alpha value is -1.62. The van der Waals surface area contributed by atoms with Crippen LogP contribution in [0.4, 0.5) is 6.01 Å². The third-order valence-corrected chi connectivity index (χ3v) is 3.33. The number of nitrogens with zero attached hydrogens (tertiary/aromatic N) is 1. The second-order valence-corrected chi connectivity index (χ2v) is 4.48. The van der Waals surface area contributed by atoms with Crippen molar-refractivity contribution in [3.8, 4) is 0 Å². The van der Waals surface area contributed by atoms with Gasteiger partial charge >= 0.3 is 6.01 Å². The van der Waals surface area contributed by atoms with Gasteiger partial charge in [-0.2, -0.15) is 4.98 Å². The predicted molar refractivity (Wildman–Crippen MR) is 68.1 cm³/mol. The Kier molecular flexibility index (Phi) is 3.28. The van der Waals surface area contributed by atoms with Crippen molar-refractivity contribution < 1.29 is 9.21 Å². The first kappa shape index (κ1) is 11.9. The highest BCUT2D eigenvalue weighted by atomic mass is 79.9. The molecule has 4 nitrogen and oxygen atoms in total. The van der Waals surface area contributed by atoms with Crippen LogP contribution >= 0.6 is 15.9 Å². The Labute approximate surface area is 107 Å². The molecule has 0 radical (unpaired) electrons. The van der Waals surface area contributed by atoms with Gasteiger partial charge in [-0.1, -0.05) is 12.1 Å². The van der Waals surface area contributed by atoms with Crippen LogP contribution in [0.5, 0.6) is 0 Å². The van der Waals surface area contributed by atoms with E-state index in [0.29, 0.717) is 5.56 Å². The van der Waals surface area contributed by atoms with E-state index in [-0.39, 0.29) is 11.9 Å². The zero-order valence-corrected chi connectivity index (χ0v) is 11.0. The fourth-order valence-corrected chi connectivity index (χ4v) is 1.84. The highest BCUT2D eigenvalue weighted by molar-refractivity contribution is 9.10. The summed E-state index contributed by atoms with van der Waals surface area (Å²) >= 11 is 3.39. The van der Waals surface area contributed by atoms with Gasteiger partial charge in [0.25, 0.3) is 5.91 Å². The number of hydrogen-bond acceptors (Lipinski definition) is 3. The smallest absolute Gasteiger partial charge is 0.301 e. The highest BCUT2D eigenvalue weighted by Gasteiger charge is 2.13. The fraction of sp³-hybridized carbons (Fsp3) is 0.167. The van der Waals surface area contributed by atoms with Gasteiger partial charge < -0.3 is 4.42 Å². The topological polar surface area (TPSA) is 55.1 Å². The number of oxazole rings is 1. The molecule has 0 aliphatic heterocycles. The molecule has 1 aromatic carbocycles. The number of halogens is 1. The molecular weight excluding hydrogens is 284 g/mol. The zero-order chi connectivity index (χ0) is 12.4.